The van der Waals surface area contributed by atoms with Crippen molar-refractivity contribution in [3.63, 3.8) is 0 Å². The highest BCUT2D eigenvalue weighted by molar-refractivity contribution is 5.78. The number of aromatic nitrogens is 1. The van der Waals surface area contributed by atoms with Crippen LogP contribution in [-0.2, 0) is 28.8 Å². The molecule has 0 fully saturated rings. The molecule has 0 N–H and O–H groups in total. The van der Waals surface area contributed by atoms with Gasteiger partial charge in [-0.25, -0.2) is 0 Å². The SMILES string of the molecule is CCCCC(CC)C(=O)N(CCCOC)Cc1cccn1Cc1cccc(C(F)(F)F)c1. The molecule has 1 amide bonds. The van der Waals surface area contributed by atoms with Crippen molar-refractivity contribution in [2.75, 3.05) is 20.3 Å². The maximum absolute atomic E-state index is 13.3. The van der Waals surface area contributed by atoms with Crippen LogP contribution in [0.5, 0.6) is 0 Å². The predicted molar refractivity (Wildman–Crippen MR) is 120 cm³/mol. The molecule has 7 heteroatoms. The largest absolute Gasteiger partial charge is 0.416 e. The van der Waals surface area contributed by atoms with Crippen molar-refractivity contribution in [1.82, 2.24) is 9.47 Å². The molecule has 1 aromatic carbocycles. The zero-order valence-corrected chi connectivity index (χ0v) is 19.3. The Labute approximate surface area is 189 Å². The first kappa shape index (κ1) is 26.0. The van der Waals surface area contributed by atoms with Crippen LogP contribution in [0.15, 0.2) is 42.6 Å². The number of hydrogen-bond acceptors (Lipinski definition) is 2. The number of rotatable bonds is 13. The normalized spacial score (nSPS) is 12.7. The van der Waals surface area contributed by atoms with Crippen molar-refractivity contribution in [2.45, 2.75) is 65.2 Å². The fourth-order valence-corrected chi connectivity index (χ4v) is 3.86. The topological polar surface area (TPSA) is 34.5 Å². The molecule has 1 unspecified atom stereocenters. The van der Waals surface area contributed by atoms with Gasteiger partial charge in [0.15, 0.2) is 0 Å². The second kappa shape index (κ2) is 12.7. The summed E-state index contributed by atoms with van der Waals surface area (Å²) in [5.41, 5.74) is 0.823. The average molecular weight is 453 g/mol. The number of methoxy groups -OCH3 is 1. The zero-order chi connectivity index (χ0) is 23.6. The Balaban J connectivity index is 2.18. The number of unbranched alkanes of at least 4 members (excludes halogenated alkanes) is 1. The van der Waals surface area contributed by atoms with Crippen LogP contribution in [0.25, 0.3) is 0 Å². The average Bonchev–Trinajstić information content (AvgIpc) is 3.19. The minimum Gasteiger partial charge on any atom is -0.385 e. The van der Waals surface area contributed by atoms with Crippen molar-refractivity contribution in [3.05, 3.63) is 59.4 Å². The second-order valence-electron chi connectivity index (χ2n) is 8.18. The maximum Gasteiger partial charge on any atom is 0.416 e. The highest BCUT2D eigenvalue weighted by Crippen LogP contribution is 2.30. The summed E-state index contributed by atoms with van der Waals surface area (Å²) in [6, 6.07) is 9.19. The lowest BCUT2D eigenvalue weighted by molar-refractivity contribution is -0.138. The summed E-state index contributed by atoms with van der Waals surface area (Å²) < 4.78 is 46.3. The Morgan fingerprint density at radius 3 is 2.59 bits per heavy atom. The van der Waals surface area contributed by atoms with Gasteiger partial charge in [-0.1, -0.05) is 38.8 Å². The number of halogens is 3. The first-order valence-electron chi connectivity index (χ1n) is 11.4. The predicted octanol–water partition coefficient (Wildman–Crippen LogP) is 6.14. The van der Waals surface area contributed by atoms with Gasteiger partial charge in [0.2, 0.25) is 5.91 Å². The van der Waals surface area contributed by atoms with E-state index in [9.17, 15) is 18.0 Å². The van der Waals surface area contributed by atoms with E-state index in [0.717, 1.165) is 43.9 Å². The minimum atomic E-state index is -4.37. The third-order valence-corrected chi connectivity index (χ3v) is 5.72. The standard InChI is InChI=1S/C25H35F3N2O2/c1-4-6-11-21(5-2)24(31)30(15-9-16-32-3)19-23-13-8-14-29(23)18-20-10-7-12-22(17-20)25(26,27)28/h7-8,10,12-14,17,21H,4-6,9,11,15-16,18-19H2,1-3H3. The van der Waals surface area contributed by atoms with Crippen LogP contribution in [0.3, 0.4) is 0 Å². The van der Waals surface area contributed by atoms with Gasteiger partial charge in [-0.15, -0.1) is 0 Å². The summed E-state index contributed by atoms with van der Waals surface area (Å²) >= 11 is 0. The van der Waals surface area contributed by atoms with E-state index in [1.165, 1.54) is 12.1 Å². The van der Waals surface area contributed by atoms with Crippen molar-refractivity contribution in [2.24, 2.45) is 5.92 Å². The number of alkyl halides is 3. The third kappa shape index (κ3) is 7.69. The summed E-state index contributed by atoms with van der Waals surface area (Å²) in [5.74, 6) is 0.133. The molecule has 0 aliphatic rings. The summed E-state index contributed by atoms with van der Waals surface area (Å²) in [4.78, 5) is 15.2. The second-order valence-corrected chi connectivity index (χ2v) is 8.18. The lowest BCUT2D eigenvalue weighted by Gasteiger charge is -2.28. The first-order valence-corrected chi connectivity index (χ1v) is 11.4. The number of hydrogen-bond donors (Lipinski definition) is 0. The Bertz CT molecular complexity index is 833. The lowest BCUT2D eigenvalue weighted by Crippen LogP contribution is -2.37. The molecular weight excluding hydrogens is 417 g/mol. The van der Waals surface area contributed by atoms with E-state index in [0.29, 0.717) is 31.8 Å². The van der Waals surface area contributed by atoms with Crippen LogP contribution in [0, 0.1) is 5.92 Å². The monoisotopic (exact) mass is 452 g/mol. The summed E-state index contributed by atoms with van der Waals surface area (Å²) in [6.07, 6.45) is 1.95. The fraction of sp³-hybridized carbons (Fsp3) is 0.560. The van der Waals surface area contributed by atoms with Crippen molar-refractivity contribution in [1.29, 1.82) is 0 Å². The van der Waals surface area contributed by atoms with Gasteiger partial charge in [-0.3, -0.25) is 4.79 Å². The molecule has 32 heavy (non-hydrogen) atoms. The number of amides is 1. The van der Waals surface area contributed by atoms with Crippen molar-refractivity contribution >= 4 is 5.91 Å². The maximum atomic E-state index is 13.3. The van der Waals surface area contributed by atoms with Crippen LogP contribution in [0.4, 0.5) is 13.2 Å². The van der Waals surface area contributed by atoms with E-state index in [-0.39, 0.29) is 11.8 Å². The Morgan fingerprint density at radius 2 is 1.94 bits per heavy atom. The molecule has 0 aliphatic heterocycles. The number of carbonyl (C=O) groups is 1. The smallest absolute Gasteiger partial charge is 0.385 e. The molecule has 0 saturated heterocycles. The summed E-state index contributed by atoms with van der Waals surface area (Å²) in [5, 5.41) is 0. The fourth-order valence-electron chi connectivity index (χ4n) is 3.86. The number of benzene rings is 1. The number of ether oxygens (including phenoxy) is 1. The molecule has 0 aliphatic carbocycles. The van der Waals surface area contributed by atoms with Crippen LogP contribution < -0.4 is 0 Å². The molecular formula is C25H35F3N2O2. The van der Waals surface area contributed by atoms with Gasteiger partial charge in [0.25, 0.3) is 0 Å². The molecule has 0 spiro atoms. The molecule has 1 aromatic heterocycles. The van der Waals surface area contributed by atoms with Gasteiger partial charge in [0.05, 0.1) is 12.1 Å². The quantitative estimate of drug-likeness (QED) is 0.342. The van der Waals surface area contributed by atoms with E-state index in [4.69, 9.17) is 4.74 Å². The van der Waals surface area contributed by atoms with Gasteiger partial charge >= 0.3 is 6.18 Å². The van der Waals surface area contributed by atoms with E-state index in [1.807, 2.05) is 34.7 Å². The molecule has 1 atom stereocenters. The molecule has 1 heterocycles. The Kier molecular flexibility index (Phi) is 10.3. The summed E-state index contributed by atoms with van der Waals surface area (Å²) in [6.45, 7) is 6.07. The first-order chi connectivity index (χ1) is 15.3. The van der Waals surface area contributed by atoms with Gasteiger partial charge in [0.1, 0.15) is 0 Å². The van der Waals surface area contributed by atoms with E-state index in [2.05, 4.69) is 6.92 Å². The number of carbonyl (C=O) groups excluding carboxylic acids is 1. The lowest BCUT2D eigenvalue weighted by atomic mass is 9.97. The van der Waals surface area contributed by atoms with Crippen molar-refractivity contribution in [3.8, 4) is 0 Å². The summed E-state index contributed by atoms with van der Waals surface area (Å²) in [7, 11) is 1.64. The van der Waals surface area contributed by atoms with E-state index >= 15 is 0 Å². The minimum absolute atomic E-state index is 0.00984. The van der Waals surface area contributed by atoms with Crippen LogP contribution in [0.1, 0.15) is 62.8 Å². The molecule has 178 valence electrons. The molecule has 0 saturated carbocycles. The van der Waals surface area contributed by atoms with E-state index in [1.54, 1.807) is 13.2 Å². The number of nitrogens with zero attached hydrogens (tertiary/aromatic N) is 2. The van der Waals surface area contributed by atoms with Crippen LogP contribution >= 0.6 is 0 Å². The van der Waals surface area contributed by atoms with Crippen LogP contribution in [-0.4, -0.2) is 35.6 Å². The van der Waals surface area contributed by atoms with Gasteiger partial charge < -0.3 is 14.2 Å². The Morgan fingerprint density at radius 1 is 1.16 bits per heavy atom. The molecule has 2 rings (SSSR count). The van der Waals surface area contributed by atoms with Gasteiger partial charge in [-0.2, -0.15) is 13.2 Å². The molecule has 4 nitrogen and oxygen atoms in total. The highest BCUT2D eigenvalue weighted by Gasteiger charge is 2.30. The van der Waals surface area contributed by atoms with Gasteiger partial charge in [0, 0.05) is 44.6 Å². The van der Waals surface area contributed by atoms with Crippen molar-refractivity contribution < 1.29 is 22.7 Å². The van der Waals surface area contributed by atoms with E-state index < -0.39 is 11.7 Å². The zero-order valence-electron chi connectivity index (χ0n) is 19.3. The third-order valence-electron chi connectivity index (χ3n) is 5.72. The van der Waals surface area contributed by atoms with Gasteiger partial charge in [-0.05, 0) is 49.1 Å². The van der Waals surface area contributed by atoms with Crippen LogP contribution in [0.2, 0.25) is 0 Å². The highest BCUT2D eigenvalue weighted by atomic mass is 19.4. The molecule has 0 bridgehead atoms. The molecule has 0 radical (unpaired) electrons. The molecule has 2 aromatic rings. The Hall–Kier alpha value is -2.28.